The molecule has 0 aliphatic carbocycles. The van der Waals surface area contributed by atoms with Gasteiger partial charge in [-0.05, 0) is 61.6 Å². The first-order valence-electron chi connectivity index (χ1n) is 15.6. The van der Waals surface area contributed by atoms with Crippen LogP contribution in [0.3, 0.4) is 0 Å². The largest absolute Gasteiger partial charge is 0.379 e. The van der Waals surface area contributed by atoms with Crippen molar-refractivity contribution >= 4 is 23.3 Å². The minimum atomic E-state index is -0.296. The van der Waals surface area contributed by atoms with Crippen molar-refractivity contribution in [1.29, 1.82) is 0 Å². The molecule has 2 aromatic heterocycles. The Morgan fingerprint density at radius 2 is 1.75 bits per heavy atom. The molecule has 5 heterocycles. The number of carbonyl (C=O) groups excluding carboxylic acids is 2. The van der Waals surface area contributed by atoms with Crippen LogP contribution >= 0.6 is 0 Å². The van der Waals surface area contributed by atoms with Gasteiger partial charge in [0.25, 0.3) is 5.56 Å². The molecule has 11 heteroatoms. The molecule has 232 valence electrons. The maximum Gasteiger partial charge on any atom is 0.271 e. The number of benzene rings is 1. The van der Waals surface area contributed by atoms with Crippen LogP contribution in [0.4, 0.5) is 11.5 Å². The van der Waals surface area contributed by atoms with E-state index in [0.29, 0.717) is 24.3 Å². The van der Waals surface area contributed by atoms with Crippen LogP contribution in [0, 0.1) is 6.92 Å². The number of rotatable bonds is 7. The number of hydrogen-bond acceptors (Lipinski definition) is 9. The summed E-state index contributed by atoms with van der Waals surface area (Å²) in [4.78, 5) is 48.0. The summed E-state index contributed by atoms with van der Waals surface area (Å²) >= 11 is 0. The number of amides is 2. The molecule has 44 heavy (non-hydrogen) atoms. The number of likely N-dealkylation sites (tertiary alicyclic amines) is 1. The van der Waals surface area contributed by atoms with Crippen molar-refractivity contribution in [3.63, 3.8) is 0 Å². The molecular weight excluding hydrogens is 556 g/mol. The van der Waals surface area contributed by atoms with E-state index in [1.807, 2.05) is 19.1 Å². The number of aromatic nitrogens is 3. The van der Waals surface area contributed by atoms with Gasteiger partial charge >= 0.3 is 0 Å². The van der Waals surface area contributed by atoms with Crippen LogP contribution in [0.25, 0.3) is 0 Å². The Morgan fingerprint density at radius 3 is 2.50 bits per heavy atom. The van der Waals surface area contributed by atoms with Crippen LogP contribution in [0.1, 0.15) is 53.4 Å². The lowest BCUT2D eigenvalue weighted by molar-refractivity contribution is -0.134. The smallest absolute Gasteiger partial charge is 0.271 e. The third-order valence-corrected chi connectivity index (χ3v) is 9.34. The van der Waals surface area contributed by atoms with E-state index in [2.05, 4.69) is 66.7 Å². The van der Waals surface area contributed by atoms with Gasteiger partial charge in [-0.1, -0.05) is 24.3 Å². The van der Waals surface area contributed by atoms with Crippen LogP contribution in [0.15, 0.2) is 53.6 Å². The maximum absolute atomic E-state index is 12.4. The van der Waals surface area contributed by atoms with Crippen LogP contribution in [0.5, 0.6) is 0 Å². The molecule has 3 unspecified atom stereocenters. The number of pyridine rings is 1. The van der Waals surface area contributed by atoms with E-state index >= 15 is 0 Å². The number of piperazine rings is 1. The summed E-state index contributed by atoms with van der Waals surface area (Å²) in [7, 11) is 3.84. The Kier molecular flexibility index (Phi) is 8.76. The molecule has 3 atom stereocenters. The van der Waals surface area contributed by atoms with Crippen molar-refractivity contribution in [3.8, 4) is 0 Å². The quantitative estimate of drug-likeness (QED) is 0.395. The number of nitrogens with one attached hydrogen (secondary N) is 2. The highest BCUT2D eigenvalue weighted by molar-refractivity contribution is 6.01. The molecule has 2 amide bonds. The fraction of sp³-hybridized carbons (Fsp3) is 0.485. The standard InChI is InChI=1S/C33H42N8O3/c1-22-29(18-35-39(3)33(22)44)36-27-16-26(20-38(2)21-27)24-6-4-23(5-7-24)19-40-12-14-41(15-13-40)30-17-25(10-11-34-30)28-8-9-31(42)37-32(28)43/h4-7,10-11,17-18,26-28,36H,8-9,12-16,19-21H2,1-3H3,(H,37,42,43). The highest BCUT2D eigenvalue weighted by atomic mass is 16.2. The van der Waals surface area contributed by atoms with Gasteiger partial charge in [0, 0.05) is 77.1 Å². The second-order valence-electron chi connectivity index (χ2n) is 12.6. The Bertz CT molecular complexity index is 1560. The molecule has 6 rings (SSSR count). The lowest BCUT2D eigenvalue weighted by atomic mass is 9.87. The topological polar surface area (TPSA) is 116 Å². The lowest BCUT2D eigenvalue weighted by Gasteiger charge is -2.37. The van der Waals surface area contributed by atoms with Gasteiger partial charge in [0.2, 0.25) is 11.8 Å². The number of piperidine rings is 2. The lowest BCUT2D eigenvalue weighted by Crippen LogP contribution is -2.46. The minimum absolute atomic E-state index is 0.0663. The van der Waals surface area contributed by atoms with Gasteiger partial charge in [0.15, 0.2) is 0 Å². The van der Waals surface area contributed by atoms with E-state index in [9.17, 15) is 14.4 Å². The number of aryl methyl sites for hydroxylation is 1. The maximum atomic E-state index is 12.4. The van der Waals surface area contributed by atoms with E-state index in [-0.39, 0.29) is 29.3 Å². The molecule has 3 aliphatic heterocycles. The summed E-state index contributed by atoms with van der Waals surface area (Å²) in [5.41, 5.74) is 5.03. The zero-order chi connectivity index (χ0) is 30.8. The molecule has 1 aromatic carbocycles. The summed E-state index contributed by atoms with van der Waals surface area (Å²) < 4.78 is 1.37. The van der Waals surface area contributed by atoms with Crippen molar-refractivity contribution in [2.45, 2.75) is 50.6 Å². The van der Waals surface area contributed by atoms with Crippen molar-refractivity contribution in [3.05, 3.63) is 81.4 Å². The van der Waals surface area contributed by atoms with Crippen molar-refractivity contribution in [1.82, 2.24) is 29.9 Å². The third kappa shape index (κ3) is 6.68. The zero-order valence-corrected chi connectivity index (χ0v) is 25.8. The van der Waals surface area contributed by atoms with Crippen molar-refractivity contribution in [2.75, 3.05) is 56.5 Å². The second kappa shape index (κ2) is 12.9. The van der Waals surface area contributed by atoms with Crippen LogP contribution < -0.4 is 21.1 Å². The third-order valence-electron chi connectivity index (χ3n) is 9.34. The summed E-state index contributed by atoms with van der Waals surface area (Å²) in [6, 6.07) is 13.2. The minimum Gasteiger partial charge on any atom is -0.379 e. The Balaban J connectivity index is 1.02. The molecule has 0 radical (unpaired) electrons. The molecule has 2 N–H and O–H groups in total. The molecule has 0 bridgehead atoms. The molecule has 3 aliphatic rings. The van der Waals surface area contributed by atoms with E-state index in [4.69, 9.17) is 0 Å². The highest BCUT2D eigenvalue weighted by Crippen LogP contribution is 2.30. The zero-order valence-electron chi connectivity index (χ0n) is 25.8. The van der Waals surface area contributed by atoms with Gasteiger partial charge in [-0.25, -0.2) is 9.67 Å². The van der Waals surface area contributed by atoms with Gasteiger partial charge in [-0.3, -0.25) is 24.6 Å². The first kappa shape index (κ1) is 30.0. The molecule has 0 spiro atoms. The average molecular weight is 599 g/mol. The number of hydrogen-bond donors (Lipinski definition) is 2. The second-order valence-corrected chi connectivity index (χ2v) is 12.6. The fourth-order valence-electron chi connectivity index (χ4n) is 6.81. The first-order valence-corrected chi connectivity index (χ1v) is 15.6. The molecule has 3 aromatic rings. The summed E-state index contributed by atoms with van der Waals surface area (Å²) in [6.07, 6.45) is 5.44. The van der Waals surface area contributed by atoms with Gasteiger partial charge < -0.3 is 15.1 Å². The Hall–Kier alpha value is -4.09. The van der Waals surface area contributed by atoms with E-state index < -0.39 is 0 Å². The SMILES string of the molecule is Cc1c(NC2CC(c3ccc(CN4CCN(c5cc(C6CCC(=O)NC6=O)ccn5)CC4)cc3)CN(C)C2)cnn(C)c1=O. The normalized spacial score (nSPS) is 23.4. The summed E-state index contributed by atoms with van der Waals surface area (Å²) in [5.74, 6) is 0.598. The molecular formula is C33H42N8O3. The predicted octanol–water partition coefficient (Wildman–Crippen LogP) is 2.23. The van der Waals surface area contributed by atoms with Crippen LogP contribution in [-0.4, -0.2) is 88.7 Å². The summed E-state index contributed by atoms with van der Waals surface area (Å²) in [5, 5.41) is 10.2. The number of anilines is 2. The van der Waals surface area contributed by atoms with Gasteiger partial charge in [0.1, 0.15) is 5.82 Å². The van der Waals surface area contributed by atoms with Crippen LogP contribution in [-0.2, 0) is 23.2 Å². The molecule has 3 fully saturated rings. The van der Waals surface area contributed by atoms with Crippen molar-refractivity contribution < 1.29 is 9.59 Å². The van der Waals surface area contributed by atoms with Crippen LogP contribution in [0.2, 0.25) is 0 Å². The van der Waals surface area contributed by atoms with E-state index in [0.717, 1.165) is 69.3 Å². The Morgan fingerprint density at radius 1 is 0.977 bits per heavy atom. The number of carbonyl (C=O) groups is 2. The average Bonchev–Trinajstić information content (AvgIpc) is 3.02. The van der Waals surface area contributed by atoms with E-state index in [1.54, 1.807) is 19.4 Å². The number of imide groups is 1. The van der Waals surface area contributed by atoms with Crippen molar-refractivity contribution in [2.24, 2.45) is 7.05 Å². The predicted molar refractivity (Wildman–Crippen MR) is 170 cm³/mol. The fourth-order valence-corrected chi connectivity index (χ4v) is 6.81. The number of likely N-dealkylation sites (N-methyl/N-ethyl adjacent to an activating group) is 1. The Labute approximate surface area is 258 Å². The van der Waals surface area contributed by atoms with Gasteiger partial charge in [-0.15, -0.1) is 0 Å². The molecule has 11 nitrogen and oxygen atoms in total. The van der Waals surface area contributed by atoms with Gasteiger partial charge in [0.05, 0.1) is 17.8 Å². The van der Waals surface area contributed by atoms with Gasteiger partial charge in [-0.2, -0.15) is 5.10 Å². The highest BCUT2D eigenvalue weighted by Gasteiger charge is 2.29. The number of nitrogens with zero attached hydrogens (tertiary/aromatic N) is 6. The molecule has 0 saturated carbocycles. The molecule has 3 saturated heterocycles. The monoisotopic (exact) mass is 598 g/mol. The van der Waals surface area contributed by atoms with E-state index in [1.165, 1.54) is 15.8 Å². The first-order chi connectivity index (χ1) is 21.2. The summed E-state index contributed by atoms with van der Waals surface area (Å²) in [6.45, 7) is 8.30.